The second-order valence-electron chi connectivity index (χ2n) is 2.53. The van der Waals surface area contributed by atoms with Gasteiger partial charge in [-0.05, 0) is 0 Å². The Kier molecular flexibility index (Phi) is 2.23. The summed E-state index contributed by atoms with van der Waals surface area (Å²) in [6, 6.07) is 1.18. The van der Waals surface area contributed by atoms with E-state index in [1.807, 2.05) is 4.94 Å². The van der Waals surface area contributed by atoms with Crippen LogP contribution in [0.1, 0.15) is 10.5 Å². The average Bonchev–Trinajstić information content (AvgIpc) is 2.62. The zero-order valence-corrected chi connectivity index (χ0v) is 8.97. The van der Waals surface area contributed by atoms with Crippen molar-refractivity contribution in [2.24, 2.45) is 0 Å². The van der Waals surface area contributed by atoms with Crippen molar-refractivity contribution in [3.8, 4) is 0 Å². The first-order valence-corrected chi connectivity index (χ1v) is 5.62. The Hall–Kier alpha value is -1.39. The van der Waals surface area contributed by atoms with Crippen LogP contribution in [-0.2, 0) is 4.74 Å². The molecule has 5 nitrogen and oxygen atoms in total. The molecule has 0 saturated heterocycles. The third-order valence-electron chi connectivity index (χ3n) is 1.71. The average molecular weight is 257 g/mol. The third-order valence-corrected chi connectivity index (χ3v) is 3.30. The summed E-state index contributed by atoms with van der Waals surface area (Å²) in [6.45, 7) is 0. The number of carbonyl (C=O) groups is 1. The zero-order valence-electron chi connectivity index (χ0n) is 7.26. The number of carbonyl (C=O) groups excluding carboxylic acids is 1. The molecule has 0 fully saturated rings. The molecule has 0 atom stereocenters. The summed E-state index contributed by atoms with van der Waals surface area (Å²) in [5, 5.41) is 0. The normalized spacial score (nSPS) is 10.4. The summed E-state index contributed by atoms with van der Waals surface area (Å²) in [5.41, 5.74) is -0.166. The molecule has 0 radical (unpaired) electrons. The molecule has 0 aliphatic carbocycles. The summed E-state index contributed by atoms with van der Waals surface area (Å²) >= 11 is 0.0309. The van der Waals surface area contributed by atoms with Gasteiger partial charge < -0.3 is 0 Å². The molecule has 2 aromatic heterocycles. The van der Waals surface area contributed by atoms with Crippen molar-refractivity contribution in [1.82, 2.24) is 9.38 Å². The Balaban J connectivity index is 2.79. The van der Waals surface area contributed by atoms with Gasteiger partial charge in [0.2, 0.25) is 0 Å². The van der Waals surface area contributed by atoms with Crippen LogP contribution in [0.4, 0.5) is 0 Å². The van der Waals surface area contributed by atoms with Gasteiger partial charge in [0.1, 0.15) is 0 Å². The van der Waals surface area contributed by atoms with E-state index in [2.05, 4.69) is 9.72 Å². The molecule has 0 bridgehead atoms. The Morgan fingerprint density at radius 2 is 2.43 bits per heavy atom. The molecule has 0 N–H and O–H groups in total. The molecule has 0 spiro atoms. The standard InChI is InChI=1S/C8H6N2O3Se/c1-13-7(12)5-4-6(11)9-8-10(5)2-3-14-8/h2-4H,1H3. The molecular formula is C8H6N2O3Se. The summed E-state index contributed by atoms with van der Waals surface area (Å²) in [7, 11) is 1.28. The molecule has 0 aliphatic rings. The van der Waals surface area contributed by atoms with Crippen LogP contribution in [0.25, 0.3) is 4.52 Å². The quantitative estimate of drug-likeness (QED) is 0.512. The van der Waals surface area contributed by atoms with Crippen molar-refractivity contribution < 1.29 is 9.53 Å². The van der Waals surface area contributed by atoms with Crippen LogP contribution in [0.2, 0.25) is 0 Å². The number of hydrogen-bond donors (Lipinski definition) is 0. The second-order valence-corrected chi connectivity index (χ2v) is 4.36. The molecule has 0 amide bonds. The summed E-state index contributed by atoms with van der Waals surface area (Å²) in [5.74, 6) is -0.520. The number of rotatable bonds is 1. The Morgan fingerprint density at radius 1 is 1.64 bits per heavy atom. The summed E-state index contributed by atoms with van der Waals surface area (Å²) in [4.78, 5) is 28.1. The fourth-order valence-corrected chi connectivity index (χ4v) is 2.62. The van der Waals surface area contributed by atoms with Crippen molar-refractivity contribution in [2.45, 2.75) is 0 Å². The fourth-order valence-electron chi connectivity index (χ4n) is 1.11. The molecule has 0 aromatic carbocycles. The van der Waals surface area contributed by atoms with Crippen molar-refractivity contribution in [1.29, 1.82) is 0 Å². The van der Waals surface area contributed by atoms with E-state index in [0.29, 0.717) is 4.52 Å². The molecule has 2 heterocycles. The summed E-state index contributed by atoms with van der Waals surface area (Å²) in [6.07, 6.45) is 1.73. The van der Waals surface area contributed by atoms with Crippen molar-refractivity contribution in [3.63, 3.8) is 0 Å². The first-order chi connectivity index (χ1) is 6.72. The minimum absolute atomic E-state index is 0.0309. The van der Waals surface area contributed by atoms with Gasteiger partial charge in [-0.25, -0.2) is 0 Å². The predicted molar refractivity (Wildman–Crippen MR) is 49.7 cm³/mol. The van der Waals surface area contributed by atoms with Gasteiger partial charge in [-0.3, -0.25) is 0 Å². The third kappa shape index (κ3) is 1.38. The van der Waals surface area contributed by atoms with Crippen LogP contribution in [-0.4, -0.2) is 37.0 Å². The Labute approximate surface area is 84.7 Å². The Bertz CT molecular complexity index is 543. The van der Waals surface area contributed by atoms with Crippen LogP contribution in [0, 0.1) is 0 Å². The number of esters is 1. The van der Waals surface area contributed by atoms with E-state index in [4.69, 9.17) is 0 Å². The fraction of sp³-hybridized carbons (Fsp3) is 0.125. The van der Waals surface area contributed by atoms with E-state index >= 15 is 0 Å². The number of fused-ring (bicyclic) bond motifs is 1. The predicted octanol–water partition coefficient (Wildman–Crippen LogP) is -0.462. The zero-order chi connectivity index (χ0) is 10.1. The van der Waals surface area contributed by atoms with Crippen LogP contribution in [0.15, 0.2) is 22.0 Å². The van der Waals surface area contributed by atoms with Gasteiger partial charge in [0.25, 0.3) is 0 Å². The van der Waals surface area contributed by atoms with Gasteiger partial charge in [-0.1, -0.05) is 0 Å². The molecule has 0 unspecified atom stereocenters. The van der Waals surface area contributed by atoms with Gasteiger partial charge in [0.05, 0.1) is 0 Å². The van der Waals surface area contributed by atoms with Gasteiger partial charge in [-0.15, -0.1) is 0 Å². The molecule has 2 aromatic rings. The van der Waals surface area contributed by atoms with Crippen LogP contribution in [0.3, 0.4) is 0 Å². The first-order valence-electron chi connectivity index (χ1n) is 3.77. The Morgan fingerprint density at radius 3 is 3.14 bits per heavy atom. The van der Waals surface area contributed by atoms with E-state index in [9.17, 15) is 9.59 Å². The second kappa shape index (κ2) is 3.40. The van der Waals surface area contributed by atoms with Gasteiger partial charge in [0, 0.05) is 0 Å². The molecule has 6 heteroatoms. The molecule has 14 heavy (non-hydrogen) atoms. The van der Waals surface area contributed by atoms with Crippen LogP contribution >= 0.6 is 0 Å². The topological polar surface area (TPSA) is 60.7 Å². The van der Waals surface area contributed by atoms with E-state index in [1.165, 1.54) is 13.2 Å². The molecule has 2 rings (SSSR count). The molecule has 72 valence electrons. The molecule has 0 aliphatic heterocycles. The van der Waals surface area contributed by atoms with Gasteiger partial charge in [-0.2, -0.15) is 0 Å². The van der Waals surface area contributed by atoms with Gasteiger partial charge >= 0.3 is 84.3 Å². The molecular weight excluding hydrogens is 251 g/mol. The van der Waals surface area contributed by atoms with E-state index in [-0.39, 0.29) is 20.2 Å². The van der Waals surface area contributed by atoms with E-state index < -0.39 is 11.5 Å². The van der Waals surface area contributed by atoms with Crippen LogP contribution in [0.5, 0.6) is 0 Å². The number of hydrogen-bond acceptors (Lipinski definition) is 4. The van der Waals surface area contributed by atoms with Crippen molar-refractivity contribution in [2.75, 3.05) is 7.11 Å². The van der Waals surface area contributed by atoms with Crippen molar-refractivity contribution >= 4 is 25.0 Å². The number of nitrogens with zero attached hydrogens (tertiary/aromatic N) is 2. The maximum atomic E-state index is 11.3. The monoisotopic (exact) mass is 258 g/mol. The maximum absolute atomic E-state index is 11.3. The summed E-state index contributed by atoms with van der Waals surface area (Å²) < 4.78 is 6.78. The SMILES string of the molecule is COC(=O)c1cc(=O)nc2[se]ccn12. The van der Waals surface area contributed by atoms with E-state index in [1.54, 1.807) is 10.6 Å². The molecule has 0 saturated carbocycles. The minimum atomic E-state index is -0.520. The van der Waals surface area contributed by atoms with Crippen molar-refractivity contribution in [3.05, 3.63) is 33.3 Å². The first kappa shape index (κ1) is 9.18. The number of ether oxygens (including phenoxy) is 1. The number of aromatic nitrogens is 2. The van der Waals surface area contributed by atoms with Gasteiger partial charge in [0.15, 0.2) is 0 Å². The number of methoxy groups -OCH3 is 1. The van der Waals surface area contributed by atoms with E-state index in [0.717, 1.165) is 0 Å². The van der Waals surface area contributed by atoms with Crippen LogP contribution < -0.4 is 5.56 Å².